The summed E-state index contributed by atoms with van der Waals surface area (Å²) < 4.78 is 13.1. The minimum atomic E-state index is -0.106. The fourth-order valence-electron chi connectivity index (χ4n) is 1.59. The number of aryl methyl sites for hydroxylation is 1. The lowest BCUT2D eigenvalue weighted by molar-refractivity contribution is 0.580. The highest BCUT2D eigenvalue weighted by molar-refractivity contribution is 6.32. The van der Waals surface area contributed by atoms with Gasteiger partial charge in [-0.15, -0.1) is 0 Å². The molecule has 1 aromatic carbocycles. The predicted octanol–water partition coefficient (Wildman–Crippen LogP) is 1.69. The molecule has 1 rings (SSSR count). The topological polar surface area (TPSA) is 0 Å². The summed E-state index contributed by atoms with van der Waals surface area (Å²) in [5.41, 5.74) is 3.10. The summed E-state index contributed by atoms with van der Waals surface area (Å²) in [4.78, 5) is 0. The third kappa shape index (κ3) is 2.12. The lowest BCUT2D eigenvalue weighted by Gasteiger charge is -2.22. The third-order valence-electron chi connectivity index (χ3n) is 2.31. The Kier molecular flexibility index (Phi) is 2.51. The quantitative estimate of drug-likeness (QED) is 0.530. The summed E-state index contributed by atoms with van der Waals surface area (Å²) in [5.74, 6) is -0.106. The molecule has 0 N–H and O–H groups in total. The van der Waals surface area contributed by atoms with Gasteiger partial charge in [0.2, 0.25) is 0 Å². The van der Waals surface area contributed by atoms with Gasteiger partial charge in [0.25, 0.3) is 0 Å². The second-order valence-corrected chi connectivity index (χ2v) is 4.67. The Bertz CT molecular complexity index is 324. The van der Waals surface area contributed by atoms with Gasteiger partial charge in [0.1, 0.15) is 13.7 Å². The molecule has 0 nitrogen and oxygen atoms in total. The SMILES string of the molecule is Bc1cc(C(C)(C)C)c(C)cc1F. The fourth-order valence-corrected chi connectivity index (χ4v) is 1.59. The Labute approximate surface area is 80.6 Å². The van der Waals surface area contributed by atoms with Gasteiger partial charge in [-0.05, 0) is 29.5 Å². The van der Waals surface area contributed by atoms with E-state index in [4.69, 9.17) is 0 Å². The van der Waals surface area contributed by atoms with Crippen LogP contribution in [0.1, 0.15) is 31.9 Å². The van der Waals surface area contributed by atoms with E-state index in [0.29, 0.717) is 0 Å². The van der Waals surface area contributed by atoms with Crippen LogP contribution in [-0.2, 0) is 5.41 Å². The van der Waals surface area contributed by atoms with Gasteiger partial charge in [-0.2, -0.15) is 0 Å². The molecule has 0 spiro atoms. The molecular formula is C11H16BF. The van der Waals surface area contributed by atoms with E-state index in [1.807, 2.05) is 20.8 Å². The maximum atomic E-state index is 13.1. The summed E-state index contributed by atoms with van der Waals surface area (Å²) in [6.45, 7) is 8.40. The molecule has 1 aromatic rings. The largest absolute Gasteiger partial charge is 0.208 e. The van der Waals surface area contributed by atoms with Crippen molar-refractivity contribution in [1.29, 1.82) is 0 Å². The molecular weight excluding hydrogens is 162 g/mol. The molecule has 0 unspecified atom stereocenters. The zero-order valence-electron chi connectivity index (χ0n) is 9.03. The van der Waals surface area contributed by atoms with Crippen molar-refractivity contribution in [2.24, 2.45) is 0 Å². The lowest BCUT2D eigenvalue weighted by Crippen LogP contribution is -2.19. The van der Waals surface area contributed by atoms with Gasteiger partial charge in [0.05, 0.1) is 0 Å². The first-order valence-electron chi connectivity index (χ1n) is 4.59. The van der Waals surface area contributed by atoms with E-state index in [-0.39, 0.29) is 11.2 Å². The van der Waals surface area contributed by atoms with Crippen LogP contribution >= 0.6 is 0 Å². The van der Waals surface area contributed by atoms with Gasteiger partial charge < -0.3 is 0 Å². The first-order valence-corrected chi connectivity index (χ1v) is 4.59. The van der Waals surface area contributed by atoms with Crippen LogP contribution in [0.2, 0.25) is 0 Å². The smallest absolute Gasteiger partial charge is 0.143 e. The van der Waals surface area contributed by atoms with Gasteiger partial charge in [-0.25, -0.2) is 4.39 Å². The predicted molar refractivity (Wildman–Crippen MR) is 58.0 cm³/mol. The molecule has 0 saturated heterocycles. The highest BCUT2D eigenvalue weighted by Gasteiger charge is 2.17. The second kappa shape index (κ2) is 3.17. The van der Waals surface area contributed by atoms with E-state index in [2.05, 4.69) is 20.8 Å². The van der Waals surface area contributed by atoms with E-state index in [1.165, 1.54) is 5.56 Å². The molecule has 0 radical (unpaired) electrons. The molecule has 0 bridgehead atoms. The Balaban J connectivity index is 3.32. The maximum Gasteiger partial charge on any atom is 0.143 e. The average molecular weight is 178 g/mol. The Morgan fingerprint density at radius 1 is 1.23 bits per heavy atom. The molecule has 0 aliphatic carbocycles. The lowest BCUT2D eigenvalue weighted by atomic mass is 9.80. The Morgan fingerprint density at radius 2 is 1.77 bits per heavy atom. The first kappa shape index (κ1) is 10.3. The van der Waals surface area contributed by atoms with Crippen LogP contribution in [0.3, 0.4) is 0 Å². The number of hydrogen-bond donors (Lipinski definition) is 0. The number of halogens is 1. The van der Waals surface area contributed by atoms with Crippen molar-refractivity contribution >= 4 is 13.3 Å². The summed E-state index contributed by atoms with van der Waals surface area (Å²) >= 11 is 0. The molecule has 0 aliphatic heterocycles. The highest BCUT2D eigenvalue weighted by atomic mass is 19.1. The first-order chi connectivity index (χ1) is 5.82. The molecule has 0 atom stereocenters. The van der Waals surface area contributed by atoms with Gasteiger partial charge in [-0.3, -0.25) is 0 Å². The molecule has 2 heteroatoms. The Hall–Kier alpha value is -0.785. The van der Waals surface area contributed by atoms with Crippen LogP contribution in [0, 0.1) is 12.7 Å². The molecule has 70 valence electrons. The average Bonchev–Trinajstić information content (AvgIpc) is 1.94. The van der Waals surface area contributed by atoms with Gasteiger partial charge in [0.15, 0.2) is 0 Å². The van der Waals surface area contributed by atoms with Gasteiger partial charge in [-0.1, -0.05) is 32.3 Å². The summed E-state index contributed by atoms with van der Waals surface area (Å²) in [5, 5.41) is 0. The van der Waals surface area contributed by atoms with Crippen molar-refractivity contribution in [1.82, 2.24) is 0 Å². The minimum Gasteiger partial charge on any atom is -0.208 e. The zero-order chi connectivity index (χ0) is 10.2. The molecule has 13 heavy (non-hydrogen) atoms. The van der Waals surface area contributed by atoms with Crippen molar-refractivity contribution < 1.29 is 4.39 Å². The van der Waals surface area contributed by atoms with Crippen LogP contribution in [0.15, 0.2) is 12.1 Å². The minimum absolute atomic E-state index is 0.0997. The van der Waals surface area contributed by atoms with Gasteiger partial charge >= 0.3 is 0 Å². The van der Waals surface area contributed by atoms with Gasteiger partial charge in [0, 0.05) is 0 Å². The number of rotatable bonds is 0. The standard InChI is InChI=1S/C11H16BF/c1-7-5-10(13)9(12)6-8(7)11(2,3)4/h5-6H,12H2,1-4H3. The van der Waals surface area contributed by atoms with E-state index in [9.17, 15) is 4.39 Å². The van der Waals surface area contributed by atoms with E-state index >= 15 is 0 Å². The zero-order valence-corrected chi connectivity index (χ0v) is 9.03. The number of hydrogen-bond acceptors (Lipinski definition) is 0. The van der Waals surface area contributed by atoms with E-state index in [0.717, 1.165) is 11.0 Å². The van der Waals surface area contributed by atoms with Crippen LogP contribution in [0.5, 0.6) is 0 Å². The maximum absolute atomic E-state index is 13.1. The summed E-state index contributed by atoms with van der Waals surface area (Å²) in [7, 11) is 1.81. The molecule has 0 fully saturated rings. The van der Waals surface area contributed by atoms with Crippen molar-refractivity contribution in [2.45, 2.75) is 33.1 Å². The van der Waals surface area contributed by atoms with E-state index in [1.54, 1.807) is 6.07 Å². The van der Waals surface area contributed by atoms with Crippen LogP contribution in [0.4, 0.5) is 4.39 Å². The Morgan fingerprint density at radius 3 is 2.23 bits per heavy atom. The fraction of sp³-hybridized carbons (Fsp3) is 0.455. The van der Waals surface area contributed by atoms with Crippen molar-refractivity contribution in [3.8, 4) is 0 Å². The molecule has 0 aliphatic rings. The van der Waals surface area contributed by atoms with Crippen LogP contribution in [0.25, 0.3) is 0 Å². The molecule has 0 amide bonds. The number of benzene rings is 1. The van der Waals surface area contributed by atoms with Crippen molar-refractivity contribution in [3.63, 3.8) is 0 Å². The van der Waals surface area contributed by atoms with Crippen molar-refractivity contribution in [3.05, 3.63) is 29.1 Å². The highest BCUT2D eigenvalue weighted by Crippen LogP contribution is 2.24. The monoisotopic (exact) mass is 178 g/mol. The second-order valence-electron chi connectivity index (χ2n) is 4.67. The third-order valence-corrected chi connectivity index (χ3v) is 2.31. The van der Waals surface area contributed by atoms with Crippen LogP contribution < -0.4 is 5.46 Å². The van der Waals surface area contributed by atoms with E-state index < -0.39 is 0 Å². The summed E-state index contributed by atoms with van der Waals surface area (Å²) in [6.07, 6.45) is 0. The van der Waals surface area contributed by atoms with Crippen molar-refractivity contribution in [2.75, 3.05) is 0 Å². The normalized spacial score (nSPS) is 11.8. The summed E-state index contributed by atoms with van der Waals surface area (Å²) in [6, 6.07) is 3.57. The molecule has 0 aromatic heterocycles. The molecule has 0 heterocycles. The molecule has 0 saturated carbocycles. The van der Waals surface area contributed by atoms with Crippen LogP contribution in [-0.4, -0.2) is 7.85 Å².